The molecule has 4 heteroatoms. The standard InChI is InChI=1S/C9H18N2O2/c1-3-13-7-9(12)11-5-4-10-8(2)6-11/h8,10H,3-7H2,1-2H3/t8-/m1/s1. The van der Waals surface area contributed by atoms with Crippen molar-refractivity contribution in [2.75, 3.05) is 32.8 Å². The van der Waals surface area contributed by atoms with E-state index in [4.69, 9.17) is 4.74 Å². The van der Waals surface area contributed by atoms with Gasteiger partial charge in [0.15, 0.2) is 0 Å². The van der Waals surface area contributed by atoms with Crippen molar-refractivity contribution in [3.8, 4) is 0 Å². The van der Waals surface area contributed by atoms with E-state index in [0.29, 0.717) is 12.6 Å². The highest BCUT2D eigenvalue weighted by Crippen LogP contribution is 1.99. The van der Waals surface area contributed by atoms with E-state index in [1.54, 1.807) is 0 Å². The summed E-state index contributed by atoms with van der Waals surface area (Å²) in [6, 6.07) is 0.402. The average molecular weight is 186 g/mol. The predicted octanol–water partition coefficient (Wildman–Crippen LogP) is -0.157. The summed E-state index contributed by atoms with van der Waals surface area (Å²) < 4.78 is 5.07. The summed E-state index contributed by atoms with van der Waals surface area (Å²) in [5, 5.41) is 3.29. The van der Waals surface area contributed by atoms with Crippen LogP contribution in [0.1, 0.15) is 13.8 Å². The van der Waals surface area contributed by atoms with E-state index >= 15 is 0 Å². The lowest BCUT2D eigenvalue weighted by Gasteiger charge is -2.31. The van der Waals surface area contributed by atoms with Crippen LogP contribution in [-0.4, -0.2) is 49.7 Å². The highest BCUT2D eigenvalue weighted by molar-refractivity contribution is 5.77. The first-order valence-electron chi connectivity index (χ1n) is 4.83. The second kappa shape index (κ2) is 5.19. The Balaban J connectivity index is 2.28. The van der Waals surface area contributed by atoms with Gasteiger partial charge in [0.05, 0.1) is 0 Å². The van der Waals surface area contributed by atoms with Gasteiger partial charge in [0, 0.05) is 32.3 Å². The van der Waals surface area contributed by atoms with Crippen molar-refractivity contribution in [3.05, 3.63) is 0 Å². The van der Waals surface area contributed by atoms with E-state index < -0.39 is 0 Å². The molecule has 13 heavy (non-hydrogen) atoms. The Kier molecular flexibility index (Phi) is 4.18. The Hall–Kier alpha value is -0.610. The summed E-state index contributed by atoms with van der Waals surface area (Å²) in [6.45, 7) is 7.30. The molecule has 1 N–H and O–H groups in total. The van der Waals surface area contributed by atoms with Crippen LogP contribution in [0.25, 0.3) is 0 Å². The molecule has 1 fully saturated rings. The lowest BCUT2D eigenvalue weighted by atomic mass is 10.2. The molecule has 1 amide bonds. The summed E-state index contributed by atoms with van der Waals surface area (Å²) in [4.78, 5) is 13.3. The molecule has 1 heterocycles. The van der Waals surface area contributed by atoms with E-state index in [0.717, 1.165) is 19.6 Å². The zero-order chi connectivity index (χ0) is 9.68. The second-order valence-corrected chi connectivity index (χ2v) is 3.33. The number of amides is 1. The molecule has 0 aromatic rings. The van der Waals surface area contributed by atoms with Crippen molar-refractivity contribution < 1.29 is 9.53 Å². The average Bonchev–Trinajstić information content (AvgIpc) is 2.14. The molecule has 1 atom stereocenters. The first-order valence-corrected chi connectivity index (χ1v) is 4.83. The van der Waals surface area contributed by atoms with Crippen molar-refractivity contribution in [1.82, 2.24) is 10.2 Å². The minimum atomic E-state index is 0.107. The maximum atomic E-state index is 11.5. The van der Waals surface area contributed by atoms with Crippen molar-refractivity contribution in [2.24, 2.45) is 0 Å². The van der Waals surface area contributed by atoms with E-state index in [2.05, 4.69) is 12.2 Å². The molecule has 1 aliphatic heterocycles. The number of carbonyl (C=O) groups excluding carboxylic acids is 1. The lowest BCUT2D eigenvalue weighted by Crippen LogP contribution is -2.52. The van der Waals surface area contributed by atoms with Crippen LogP contribution in [0, 0.1) is 0 Å². The van der Waals surface area contributed by atoms with E-state index in [1.807, 2.05) is 11.8 Å². The topological polar surface area (TPSA) is 41.6 Å². The number of rotatable bonds is 3. The molecule has 0 spiro atoms. The van der Waals surface area contributed by atoms with Gasteiger partial charge in [-0.3, -0.25) is 4.79 Å². The van der Waals surface area contributed by atoms with Gasteiger partial charge in [-0.05, 0) is 13.8 Å². The molecule has 1 rings (SSSR count). The van der Waals surface area contributed by atoms with Crippen LogP contribution in [0.4, 0.5) is 0 Å². The number of carbonyl (C=O) groups is 1. The third kappa shape index (κ3) is 3.32. The summed E-state index contributed by atoms with van der Waals surface area (Å²) in [5.74, 6) is 0.107. The highest BCUT2D eigenvalue weighted by atomic mass is 16.5. The normalized spacial score (nSPS) is 23.2. The quantitative estimate of drug-likeness (QED) is 0.666. The van der Waals surface area contributed by atoms with Crippen LogP contribution in [0.3, 0.4) is 0 Å². The summed E-state index contributed by atoms with van der Waals surface area (Å²) in [6.07, 6.45) is 0. The maximum Gasteiger partial charge on any atom is 0.248 e. The molecule has 0 unspecified atom stereocenters. The number of hydrogen-bond acceptors (Lipinski definition) is 3. The van der Waals surface area contributed by atoms with Gasteiger partial charge < -0.3 is 15.0 Å². The van der Waals surface area contributed by atoms with Gasteiger partial charge in [-0.1, -0.05) is 0 Å². The zero-order valence-corrected chi connectivity index (χ0v) is 8.38. The third-order valence-corrected chi connectivity index (χ3v) is 2.15. The van der Waals surface area contributed by atoms with Crippen LogP contribution in [-0.2, 0) is 9.53 Å². The number of ether oxygens (including phenoxy) is 1. The minimum Gasteiger partial charge on any atom is -0.372 e. The van der Waals surface area contributed by atoms with E-state index in [1.165, 1.54) is 0 Å². The molecule has 4 nitrogen and oxygen atoms in total. The zero-order valence-electron chi connectivity index (χ0n) is 8.38. The van der Waals surface area contributed by atoms with E-state index in [9.17, 15) is 4.79 Å². The summed E-state index contributed by atoms with van der Waals surface area (Å²) >= 11 is 0. The molecule has 0 aromatic carbocycles. The first kappa shape index (κ1) is 10.5. The highest BCUT2D eigenvalue weighted by Gasteiger charge is 2.19. The summed E-state index contributed by atoms with van der Waals surface area (Å²) in [7, 11) is 0. The fourth-order valence-electron chi connectivity index (χ4n) is 1.44. The molecule has 0 aliphatic carbocycles. The number of hydrogen-bond donors (Lipinski definition) is 1. The van der Waals surface area contributed by atoms with Gasteiger partial charge in [-0.25, -0.2) is 0 Å². The largest absolute Gasteiger partial charge is 0.372 e. The summed E-state index contributed by atoms with van der Waals surface area (Å²) in [5.41, 5.74) is 0. The van der Waals surface area contributed by atoms with Crippen LogP contribution >= 0.6 is 0 Å². The van der Waals surface area contributed by atoms with Crippen molar-refractivity contribution in [2.45, 2.75) is 19.9 Å². The number of piperazine rings is 1. The lowest BCUT2D eigenvalue weighted by molar-refractivity contribution is -0.137. The van der Waals surface area contributed by atoms with Crippen molar-refractivity contribution in [1.29, 1.82) is 0 Å². The van der Waals surface area contributed by atoms with Crippen LogP contribution in [0.15, 0.2) is 0 Å². The monoisotopic (exact) mass is 186 g/mol. The first-order chi connectivity index (χ1) is 6.24. The minimum absolute atomic E-state index is 0.107. The Morgan fingerprint density at radius 1 is 1.69 bits per heavy atom. The smallest absolute Gasteiger partial charge is 0.248 e. The second-order valence-electron chi connectivity index (χ2n) is 3.33. The Bertz CT molecular complexity index is 173. The number of nitrogens with one attached hydrogen (secondary N) is 1. The number of nitrogens with zero attached hydrogens (tertiary/aromatic N) is 1. The molecule has 1 saturated heterocycles. The van der Waals surface area contributed by atoms with Crippen molar-refractivity contribution in [3.63, 3.8) is 0 Å². The van der Waals surface area contributed by atoms with Gasteiger partial charge in [-0.2, -0.15) is 0 Å². The molecule has 1 aliphatic rings. The van der Waals surface area contributed by atoms with Crippen LogP contribution < -0.4 is 5.32 Å². The Morgan fingerprint density at radius 2 is 2.46 bits per heavy atom. The molecular weight excluding hydrogens is 168 g/mol. The SMILES string of the molecule is CCOCC(=O)N1CCN[C@H](C)C1. The molecule has 0 bridgehead atoms. The molecule has 0 aromatic heterocycles. The van der Waals surface area contributed by atoms with Crippen LogP contribution in [0.5, 0.6) is 0 Å². The molecule has 76 valence electrons. The Labute approximate surface area is 79.2 Å². The van der Waals surface area contributed by atoms with Gasteiger partial charge in [-0.15, -0.1) is 0 Å². The van der Waals surface area contributed by atoms with E-state index in [-0.39, 0.29) is 12.5 Å². The molecular formula is C9H18N2O2. The van der Waals surface area contributed by atoms with Crippen molar-refractivity contribution >= 4 is 5.91 Å². The predicted molar refractivity (Wildman–Crippen MR) is 50.5 cm³/mol. The maximum absolute atomic E-state index is 11.5. The van der Waals surface area contributed by atoms with Crippen LogP contribution in [0.2, 0.25) is 0 Å². The fourth-order valence-corrected chi connectivity index (χ4v) is 1.44. The molecule has 0 saturated carbocycles. The molecule has 0 radical (unpaired) electrons. The fraction of sp³-hybridized carbons (Fsp3) is 0.889. The van der Waals surface area contributed by atoms with Gasteiger partial charge in [0.2, 0.25) is 5.91 Å². The third-order valence-electron chi connectivity index (χ3n) is 2.15. The van der Waals surface area contributed by atoms with Gasteiger partial charge in [0.1, 0.15) is 6.61 Å². The van der Waals surface area contributed by atoms with Gasteiger partial charge >= 0.3 is 0 Å². The van der Waals surface area contributed by atoms with Gasteiger partial charge in [0.25, 0.3) is 0 Å². The Morgan fingerprint density at radius 3 is 3.08 bits per heavy atom.